The molecule has 2 aromatic carbocycles. The average Bonchev–Trinajstić information content (AvgIpc) is 3.06. The highest BCUT2D eigenvalue weighted by molar-refractivity contribution is 7.88. The van der Waals surface area contributed by atoms with Crippen LogP contribution in [0.2, 0.25) is 0 Å². The Kier molecular flexibility index (Phi) is 5.02. The topological polar surface area (TPSA) is 106 Å². The van der Waals surface area contributed by atoms with E-state index < -0.39 is 10.0 Å². The number of fused-ring (bicyclic) bond motifs is 2. The van der Waals surface area contributed by atoms with E-state index in [1.165, 1.54) is 6.26 Å². The van der Waals surface area contributed by atoms with Crippen LogP contribution in [0.15, 0.2) is 48.8 Å². The lowest BCUT2D eigenvalue weighted by Crippen LogP contribution is -2.41. The van der Waals surface area contributed by atoms with Gasteiger partial charge < -0.3 is 11.1 Å². The van der Waals surface area contributed by atoms with Crippen molar-refractivity contribution in [3.05, 3.63) is 48.8 Å². The molecule has 3 N–H and O–H groups in total. The predicted octanol–water partition coefficient (Wildman–Crippen LogP) is 3.21. The van der Waals surface area contributed by atoms with Gasteiger partial charge in [-0.1, -0.05) is 6.07 Å². The summed E-state index contributed by atoms with van der Waals surface area (Å²) in [7, 11) is -1.25. The quantitative estimate of drug-likeness (QED) is 0.495. The van der Waals surface area contributed by atoms with Gasteiger partial charge in [-0.05, 0) is 59.7 Å². The van der Waals surface area contributed by atoms with E-state index >= 15 is 0 Å². The van der Waals surface area contributed by atoms with Crippen molar-refractivity contribution in [2.75, 3.05) is 30.4 Å². The van der Waals surface area contributed by atoms with Crippen LogP contribution in [0.1, 0.15) is 12.8 Å². The van der Waals surface area contributed by atoms with E-state index in [1.807, 2.05) is 25.4 Å². The van der Waals surface area contributed by atoms with Crippen LogP contribution in [-0.4, -0.2) is 52.9 Å². The molecule has 0 amide bonds. The molecule has 0 atom stereocenters. The summed E-state index contributed by atoms with van der Waals surface area (Å²) >= 11 is 0. The highest BCUT2D eigenvalue weighted by Gasteiger charge is 2.25. The van der Waals surface area contributed by atoms with Crippen molar-refractivity contribution >= 4 is 43.2 Å². The Morgan fingerprint density at radius 1 is 1.06 bits per heavy atom. The zero-order chi connectivity index (χ0) is 22.5. The van der Waals surface area contributed by atoms with E-state index in [9.17, 15) is 8.42 Å². The van der Waals surface area contributed by atoms with E-state index in [0.29, 0.717) is 18.9 Å². The molecule has 1 aliphatic rings. The molecule has 1 fully saturated rings. The second-order valence-corrected chi connectivity index (χ2v) is 10.4. The van der Waals surface area contributed by atoms with Gasteiger partial charge in [-0.2, -0.15) is 5.10 Å². The average molecular weight is 451 g/mol. The number of benzene rings is 2. The van der Waals surface area contributed by atoms with Crippen molar-refractivity contribution in [2.24, 2.45) is 7.05 Å². The summed E-state index contributed by atoms with van der Waals surface area (Å²) in [5.41, 5.74) is 10.2. The number of hydrogen-bond acceptors (Lipinski definition) is 6. The maximum Gasteiger partial charge on any atom is 0.211 e. The number of sulfonamides is 1. The first-order chi connectivity index (χ1) is 15.3. The molecule has 4 aromatic rings. The number of nitrogen functional groups attached to an aromatic ring is 1. The van der Waals surface area contributed by atoms with Crippen molar-refractivity contribution in [2.45, 2.75) is 18.9 Å². The summed E-state index contributed by atoms with van der Waals surface area (Å²) < 4.78 is 27.0. The largest absolute Gasteiger partial charge is 0.382 e. The van der Waals surface area contributed by atoms with Crippen LogP contribution < -0.4 is 11.1 Å². The van der Waals surface area contributed by atoms with Crippen LogP contribution in [0.3, 0.4) is 0 Å². The molecule has 8 nitrogen and oxygen atoms in total. The standard InChI is InChI=1S/C23H26N6O2S/c1-28-22-4-3-15(12-19(22)23(24)27-28)17-11-16-5-8-25-14-20(16)21(13-17)26-18-6-9-29(10-7-18)32(2,30)31/h3-5,8,11-14,18,26H,6-7,9-10H2,1-2H3,(H2,24,27). The molecule has 32 heavy (non-hydrogen) atoms. The fraction of sp³-hybridized carbons (Fsp3) is 0.304. The smallest absolute Gasteiger partial charge is 0.211 e. The molecular formula is C23H26N6O2S. The number of piperidine rings is 1. The fourth-order valence-electron chi connectivity index (χ4n) is 4.51. The Bertz CT molecular complexity index is 1420. The van der Waals surface area contributed by atoms with Crippen LogP contribution in [0.25, 0.3) is 32.8 Å². The van der Waals surface area contributed by atoms with Gasteiger partial charge in [0.1, 0.15) is 0 Å². The summed E-state index contributed by atoms with van der Waals surface area (Å²) in [6.07, 6.45) is 6.46. The SMILES string of the molecule is Cn1nc(N)c2cc(-c3cc(NC4CCN(S(C)(=O)=O)CC4)c4cnccc4c3)ccc21. The molecule has 0 aliphatic carbocycles. The molecule has 0 unspecified atom stereocenters. The molecule has 1 aliphatic heterocycles. The second-order valence-electron chi connectivity index (χ2n) is 8.44. The highest BCUT2D eigenvalue weighted by Crippen LogP contribution is 2.34. The lowest BCUT2D eigenvalue weighted by atomic mass is 9.98. The second kappa shape index (κ2) is 7.75. The first kappa shape index (κ1) is 20.7. The van der Waals surface area contributed by atoms with Gasteiger partial charge in [0.05, 0.1) is 11.8 Å². The number of pyridine rings is 1. The van der Waals surface area contributed by atoms with Gasteiger partial charge in [0.25, 0.3) is 0 Å². The summed E-state index contributed by atoms with van der Waals surface area (Å²) in [6, 6.07) is 12.7. The number of nitrogens with one attached hydrogen (secondary N) is 1. The lowest BCUT2D eigenvalue weighted by Gasteiger charge is -2.31. The Hall–Kier alpha value is -3.17. The zero-order valence-electron chi connectivity index (χ0n) is 18.1. The van der Waals surface area contributed by atoms with Gasteiger partial charge in [0.2, 0.25) is 10.0 Å². The summed E-state index contributed by atoms with van der Waals surface area (Å²) in [5, 5.41) is 11.0. The minimum Gasteiger partial charge on any atom is -0.382 e. The van der Waals surface area contributed by atoms with Gasteiger partial charge in [-0.25, -0.2) is 12.7 Å². The molecular weight excluding hydrogens is 424 g/mol. The van der Waals surface area contributed by atoms with E-state index in [2.05, 4.69) is 39.7 Å². The van der Waals surface area contributed by atoms with Gasteiger partial charge >= 0.3 is 0 Å². The van der Waals surface area contributed by atoms with Crippen LogP contribution >= 0.6 is 0 Å². The highest BCUT2D eigenvalue weighted by atomic mass is 32.2. The van der Waals surface area contributed by atoms with Gasteiger partial charge in [0, 0.05) is 55.0 Å². The van der Waals surface area contributed by atoms with Crippen molar-refractivity contribution in [3.63, 3.8) is 0 Å². The molecule has 166 valence electrons. The molecule has 3 heterocycles. The molecule has 1 saturated heterocycles. The minimum atomic E-state index is -3.14. The molecule has 0 radical (unpaired) electrons. The van der Waals surface area contributed by atoms with Crippen molar-refractivity contribution in [1.82, 2.24) is 19.1 Å². The predicted molar refractivity (Wildman–Crippen MR) is 129 cm³/mol. The Balaban J connectivity index is 1.51. The minimum absolute atomic E-state index is 0.197. The van der Waals surface area contributed by atoms with E-state index in [0.717, 1.165) is 51.3 Å². The number of nitrogens with zero attached hydrogens (tertiary/aromatic N) is 4. The van der Waals surface area contributed by atoms with E-state index in [4.69, 9.17) is 5.73 Å². The van der Waals surface area contributed by atoms with Gasteiger partial charge in [0.15, 0.2) is 5.82 Å². The van der Waals surface area contributed by atoms with E-state index in [1.54, 1.807) is 15.2 Å². The number of aromatic nitrogens is 3. The molecule has 2 aromatic heterocycles. The summed E-state index contributed by atoms with van der Waals surface area (Å²) in [5.74, 6) is 0.519. The zero-order valence-corrected chi connectivity index (χ0v) is 18.9. The third kappa shape index (κ3) is 3.78. The number of anilines is 2. The van der Waals surface area contributed by atoms with Crippen LogP contribution in [0, 0.1) is 0 Å². The Morgan fingerprint density at radius 3 is 2.59 bits per heavy atom. The molecule has 0 saturated carbocycles. The molecule has 0 spiro atoms. The van der Waals surface area contributed by atoms with Crippen LogP contribution in [0.5, 0.6) is 0 Å². The normalized spacial score (nSPS) is 16.1. The number of rotatable bonds is 4. The maximum absolute atomic E-state index is 11.8. The number of hydrogen-bond donors (Lipinski definition) is 2. The van der Waals surface area contributed by atoms with E-state index in [-0.39, 0.29) is 6.04 Å². The molecule has 5 rings (SSSR count). The van der Waals surface area contributed by atoms with Gasteiger partial charge in [-0.3, -0.25) is 9.67 Å². The van der Waals surface area contributed by atoms with Crippen molar-refractivity contribution in [1.29, 1.82) is 0 Å². The fourth-order valence-corrected chi connectivity index (χ4v) is 5.38. The third-order valence-corrected chi connectivity index (χ3v) is 7.55. The first-order valence-electron chi connectivity index (χ1n) is 10.6. The Labute approximate surface area is 187 Å². The van der Waals surface area contributed by atoms with Crippen molar-refractivity contribution in [3.8, 4) is 11.1 Å². The maximum atomic E-state index is 11.8. The molecule has 9 heteroatoms. The van der Waals surface area contributed by atoms with Gasteiger partial charge in [-0.15, -0.1) is 0 Å². The summed E-state index contributed by atoms with van der Waals surface area (Å²) in [4.78, 5) is 4.31. The number of aryl methyl sites for hydroxylation is 1. The van der Waals surface area contributed by atoms with Crippen molar-refractivity contribution < 1.29 is 8.42 Å². The first-order valence-corrected chi connectivity index (χ1v) is 12.5. The van der Waals surface area contributed by atoms with Crippen LogP contribution in [-0.2, 0) is 17.1 Å². The lowest BCUT2D eigenvalue weighted by molar-refractivity contribution is 0.332. The monoisotopic (exact) mass is 450 g/mol. The Morgan fingerprint density at radius 2 is 1.84 bits per heavy atom. The number of nitrogens with two attached hydrogens (primary N) is 1. The molecule has 0 bridgehead atoms. The van der Waals surface area contributed by atoms with Crippen LogP contribution in [0.4, 0.5) is 11.5 Å². The summed E-state index contributed by atoms with van der Waals surface area (Å²) in [6.45, 7) is 1.06. The third-order valence-electron chi connectivity index (χ3n) is 6.25.